The molecule has 0 saturated carbocycles. The molecule has 2 heterocycles. The summed E-state index contributed by atoms with van der Waals surface area (Å²) in [6, 6.07) is 6.40. The van der Waals surface area contributed by atoms with E-state index in [2.05, 4.69) is 35.3 Å². The van der Waals surface area contributed by atoms with Crippen molar-refractivity contribution in [1.82, 2.24) is 10.3 Å². The van der Waals surface area contributed by atoms with Crippen molar-refractivity contribution in [2.45, 2.75) is 45.6 Å². The van der Waals surface area contributed by atoms with E-state index in [9.17, 15) is 0 Å². The van der Waals surface area contributed by atoms with Crippen LogP contribution in [0.5, 0.6) is 0 Å². The Bertz CT molecular complexity index is 343. The van der Waals surface area contributed by atoms with Gasteiger partial charge in [-0.05, 0) is 37.9 Å². The van der Waals surface area contributed by atoms with Crippen molar-refractivity contribution in [2.75, 3.05) is 24.5 Å². The van der Waals surface area contributed by atoms with E-state index in [4.69, 9.17) is 4.98 Å². The highest BCUT2D eigenvalue weighted by Crippen LogP contribution is 2.17. The first kappa shape index (κ1) is 13.3. The smallest absolute Gasteiger partial charge is 0.128 e. The fourth-order valence-corrected chi connectivity index (χ4v) is 2.43. The molecule has 0 aliphatic carbocycles. The Kier molecular flexibility index (Phi) is 5.46. The Labute approximate surface area is 111 Å². The van der Waals surface area contributed by atoms with Gasteiger partial charge < -0.3 is 10.2 Å². The lowest BCUT2D eigenvalue weighted by molar-refractivity contribution is 0.662. The summed E-state index contributed by atoms with van der Waals surface area (Å²) in [5.74, 6) is 1.16. The van der Waals surface area contributed by atoms with E-state index in [1.807, 2.05) is 0 Å². The number of hydrogen-bond donors (Lipinski definition) is 1. The summed E-state index contributed by atoms with van der Waals surface area (Å²) >= 11 is 0. The summed E-state index contributed by atoms with van der Waals surface area (Å²) in [7, 11) is 0. The van der Waals surface area contributed by atoms with Gasteiger partial charge in [0.05, 0.1) is 5.69 Å². The third kappa shape index (κ3) is 3.98. The van der Waals surface area contributed by atoms with Crippen LogP contribution in [-0.4, -0.2) is 24.6 Å². The standard InChI is InChI=1S/C15H25N3/c1-2-10-16-13-14-8-7-9-15(17-14)18-11-5-3-4-6-12-18/h7-9,16H,2-6,10-13H2,1H3. The number of aromatic nitrogens is 1. The van der Waals surface area contributed by atoms with Gasteiger partial charge >= 0.3 is 0 Å². The molecule has 0 aromatic carbocycles. The van der Waals surface area contributed by atoms with E-state index in [1.54, 1.807) is 0 Å². The maximum atomic E-state index is 4.77. The van der Waals surface area contributed by atoms with Crippen molar-refractivity contribution in [3.63, 3.8) is 0 Å². The molecule has 0 unspecified atom stereocenters. The molecule has 18 heavy (non-hydrogen) atoms. The molecule has 100 valence electrons. The van der Waals surface area contributed by atoms with Crippen molar-refractivity contribution in [1.29, 1.82) is 0 Å². The summed E-state index contributed by atoms with van der Waals surface area (Å²) in [6.07, 6.45) is 6.52. The Balaban J connectivity index is 1.96. The molecular weight excluding hydrogens is 222 g/mol. The first-order chi connectivity index (χ1) is 8.90. The van der Waals surface area contributed by atoms with Crippen molar-refractivity contribution in [3.05, 3.63) is 23.9 Å². The predicted octanol–water partition coefficient (Wildman–Crippen LogP) is 2.96. The van der Waals surface area contributed by atoms with Crippen molar-refractivity contribution >= 4 is 5.82 Å². The van der Waals surface area contributed by atoms with E-state index < -0.39 is 0 Å². The molecule has 0 atom stereocenters. The molecule has 2 rings (SSSR count). The van der Waals surface area contributed by atoms with Crippen LogP contribution in [0.1, 0.15) is 44.7 Å². The van der Waals surface area contributed by atoms with Gasteiger partial charge in [0.2, 0.25) is 0 Å². The van der Waals surface area contributed by atoms with Crippen LogP contribution in [0, 0.1) is 0 Å². The molecular formula is C15H25N3. The third-order valence-electron chi connectivity index (χ3n) is 3.46. The van der Waals surface area contributed by atoms with Crippen LogP contribution >= 0.6 is 0 Å². The molecule has 3 nitrogen and oxygen atoms in total. The zero-order valence-electron chi connectivity index (χ0n) is 11.5. The fourth-order valence-electron chi connectivity index (χ4n) is 2.43. The Morgan fingerprint density at radius 1 is 1.17 bits per heavy atom. The maximum absolute atomic E-state index is 4.77. The molecule has 3 heteroatoms. The molecule has 1 saturated heterocycles. The number of anilines is 1. The molecule has 0 bridgehead atoms. The largest absolute Gasteiger partial charge is 0.357 e. The van der Waals surface area contributed by atoms with Crippen LogP contribution in [0.4, 0.5) is 5.82 Å². The lowest BCUT2D eigenvalue weighted by Crippen LogP contribution is -2.25. The minimum atomic E-state index is 0.884. The van der Waals surface area contributed by atoms with E-state index in [-0.39, 0.29) is 0 Å². The van der Waals surface area contributed by atoms with Crippen LogP contribution in [0.15, 0.2) is 18.2 Å². The molecule has 1 aliphatic heterocycles. The van der Waals surface area contributed by atoms with Gasteiger partial charge in [-0.1, -0.05) is 25.8 Å². The number of hydrogen-bond acceptors (Lipinski definition) is 3. The summed E-state index contributed by atoms with van der Waals surface area (Å²) in [5.41, 5.74) is 1.16. The van der Waals surface area contributed by atoms with Crippen LogP contribution in [0.2, 0.25) is 0 Å². The quantitative estimate of drug-likeness (QED) is 0.811. The van der Waals surface area contributed by atoms with Crippen molar-refractivity contribution < 1.29 is 0 Å². The Hall–Kier alpha value is -1.09. The van der Waals surface area contributed by atoms with Gasteiger partial charge in [-0.2, -0.15) is 0 Å². The normalized spacial score (nSPS) is 16.6. The second-order valence-corrected chi connectivity index (χ2v) is 5.07. The van der Waals surface area contributed by atoms with Gasteiger partial charge in [0.1, 0.15) is 5.82 Å². The summed E-state index contributed by atoms with van der Waals surface area (Å²) in [6.45, 7) is 6.47. The Morgan fingerprint density at radius 3 is 2.67 bits per heavy atom. The summed E-state index contributed by atoms with van der Waals surface area (Å²) in [5, 5.41) is 3.41. The van der Waals surface area contributed by atoms with Crippen molar-refractivity contribution in [2.24, 2.45) is 0 Å². The van der Waals surface area contributed by atoms with Crippen LogP contribution in [-0.2, 0) is 6.54 Å². The van der Waals surface area contributed by atoms with Crippen molar-refractivity contribution in [3.8, 4) is 0 Å². The first-order valence-corrected chi connectivity index (χ1v) is 7.32. The van der Waals surface area contributed by atoms with Crippen LogP contribution in [0.25, 0.3) is 0 Å². The number of nitrogens with zero attached hydrogens (tertiary/aromatic N) is 2. The minimum Gasteiger partial charge on any atom is -0.357 e. The van der Waals surface area contributed by atoms with Gasteiger partial charge in [0.25, 0.3) is 0 Å². The molecule has 0 amide bonds. The van der Waals surface area contributed by atoms with Gasteiger partial charge in [-0.3, -0.25) is 0 Å². The predicted molar refractivity (Wildman–Crippen MR) is 76.9 cm³/mol. The third-order valence-corrected chi connectivity index (χ3v) is 3.46. The second-order valence-electron chi connectivity index (χ2n) is 5.07. The highest BCUT2D eigenvalue weighted by molar-refractivity contribution is 5.39. The lowest BCUT2D eigenvalue weighted by Gasteiger charge is -2.21. The van der Waals surface area contributed by atoms with E-state index >= 15 is 0 Å². The topological polar surface area (TPSA) is 28.2 Å². The number of nitrogens with one attached hydrogen (secondary N) is 1. The van der Waals surface area contributed by atoms with Gasteiger partial charge in [0.15, 0.2) is 0 Å². The average Bonchev–Trinajstić information content (AvgIpc) is 2.68. The first-order valence-electron chi connectivity index (χ1n) is 7.32. The number of pyridine rings is 1. The zero-order chi connectivity index (χ0) is 12.6. The molecule has 1 aromatic heterocycles. The lowest BCUT2D eigenvalue weighted by atomic mass is 10.2. The molecule has 1 aromatic rings. The highest BCUT2D eigenvalue weighted by Gasteiger charge is 2.10. The monoisotopic (exact) mass is 247 g/mol. The molecule has 1 fully saturated rings. The number of rotatable bonds is 5. The fraction of sp³-hybridized carbons (Fsp3) is 0.667. The van der Waals surface area contributed by atoms with E-state index in [0.29, 0.717) is 0 Å². The molecule has 1 N–H and O–H groups in total. The SMILES string of the molecule is CCCNCc1cccc(N2CCCCCC2)n1. The zero-order valence-corrected chi connectivity index (χ0v) is 11.5. The molecule has 0 spiro atoms. The van der Waals surface area contributed by atoms with Crippen LogP contribution in [0.3, 0.4) is 0 Å². The van der Waals surface area contributed by atoms with Gasteiger partial charge in [0, 0.05) is 19.6 Å². The van der Waals surface area contributed by atoms with E-state index in [0.717, 1.165) is 24.6 Å². The summed E-state index contributed by atoms with van der Waals surface area (Å²) in [4.78, 5) is 7.21. The molecule has 0 radical (unpaired) electrons. The average molecular weight is 247 g/mol. The van der Waals surface area contributed by atoms with Crippen LogP contribution < -0.4 is 10.2 Å². The van der Waals surface area contributed by atoms with Gasteiger partial charge in [-0.15, -0.1) is 0 Å². The minimum absolute atomic E-state index is 0.884. The Morgan fingerprint density at radius 2 is 1.94 bits per heavy atom. The summed E-state index contributed by atoms with van der Waals surface area (Å²) < 4.78 is 0. The highest BCUT2D eigenvalue weighted by atomic mass is 15.2. The molecule has 1 aliphatic rings. The maximum Gasteiger partial charge on any atom is 0.128 e. The van der Waals surface area contributed by atoms with E-state index in [1.165, 1.54) is 45.2 Å². The van der Waals surface area contributed by atoms with Gasteiger partial charge in [-0.25, -0.2) is 4.98 Å². The second kappa shape index (κ2) is 7.37.